The van der Waals surface area contributed by atoms with Crippen LogP contribution in [0.2, 0.25) is 0 Å². The SMILES string of the molecule is CCC1C(=O)NCCN1CC(=O)c1ccc(I)cc1. The Bertz CT molecular complexity index is 473. The van der Waals surface area contributed by atoms with Gasteiger partial charge in [-0.1, -0.05) is 19.1 Å². The maximum absolute atomic E-state index is 12.2. The molecule has 5 heteroatoms. The minimum Gasteiger partial charge on any atom is -0.353 e. The van der Waals surface area contributed by atoms with E-state index in [-0.39, 0.29) is 17.7 Å². The van der Waals surface area contributed by atoms with Crippen LogP contribution in [0.4, 0.5) is 0 Å². The lowest BCUT2D eigenvalue weighted by atomic mass is 10.1. The predicted molar refractivity (Wildman–Crippen MR) is 82.2 cm³/mol. The standard InChI is InChI=1S/C14H17IN2O2/c1-2-12-14(19)16-7-8-17(12)9-13(18)10-3-5-11(15)6-4-10/h3-6,12H,2,7-9H2,1H3,(H,16,19). The Balaban J connectivity index is 2.05. The maximum Gasteiger partial charge on any atom is 0.237 e. The van der Waals surface area contributed by atoms with Crippen LogP contribution in [0, 0.1) is 3.57 Å². The third-order valence-corrected chi connectivity index (χ3v) is 4.06. The van der Waals surface area contributed by atoms with Gasteiger partial charge in [0.2, 0.25) is 5.91 Å². The summed E-state index contributed by atoms with van der Waals surface area (Å²) in [5, 5.41) is 2.84. The minimum absolute atomic E-state index is 0.0316. The summed E-state index contributed by atoms with van der Waals surface area (Å²) in [6.45, 7) is 3.64. The molecule has 0 saturated carbocycles. The van der Waals surface area contributed by atoms with Crippen molar-refractivity contribution in [1.82, 2.24) is 10.2 Å². The van der Waals surface area contributed by atoms with Gasteiger partial charge in [-0.3, -0.25) is 14.5 Å². The van der Waals surface area contributed by atoms with Crippen LogP contribution in [0.25, 0.3) is 0 Å². The van der Waals surface area contributed by atoms with Crippen molar-refractivity contribution < 1.29 is 9.59 Å². The Kier molecular flexibility index (Phi) is 4.93. The minimum atomic E-state index is -0.179. The van der Waals surface area contributed by atoms with Gasteiger partial charge in [0.25, 0.3) is 0 Å². The molecule has 0 bridgehead atoms. The van der Waals surface area contributed by atoms with Gasteiger partial charge in [0.05, 0.1) is 12.6 Å². The number of hydrogen-bond acceptors (Lipinski definition) is 3. The van der Waals surface area contributed by atoms with Crippen LogP contribution in [-0.2, 0) is 4.79 Å². The second-order valence-corrected chi connectivity index (χ2v) is 5.86. The summed E-state index contributed by atoms with van der Waals surface area (Å²) in [6, 6.07) is 7.35. The lowest BCUT2D eigenvalue weighted by molar-refractivity contribution is -0.128. The first kappa shape index (κ1) is 14.5. The van der Waals surface area contributed by atoms with Gasteiger partial charge in [-0.25, -0.2) is 0 Å². The first-order valence-electron chi connectivity index (χ1n) is 6.42. The molecule has 1 N–H and O–H groups in total. The second-order valence-electron chi connectivity index (χ2n) is 4.62. The molecule has 1 aromatic rings. The Morgan fingerprint density at radius 2 is 2.11 bits per heavy atom. The van der Waals surface area contributed by atoms with Crippen molar-refractivity contribution in [3.05, 3.63) is 33.4 Å². The molecular weight excluding hydrogens is 355 g/mol. The molecule has 1 heterocycles. The van der Waals surface area contributed by atoms with E-state index in [2.05, 4.69) is 27.9 Å². The van der Waals surface area contributed by atoms with E-state index in [1.807, 2.05) is 36.1 Å². The summed E-state index contributed by atoms with van der Waals surface area (Å²) >= 11 is 2.21. The van der Waals surface area contributed by atoms with Crippen molar-refractivity contribution >= 4 is 34.3 Å². The molecule has 0 aliphatic carbocycles. The topological polar surface area (TPSA) is 49.4 Å². The highest BCUT2D eigenvalue weighted by atomic mass is 127. The zero-order chi connectivity index (χ0) is 13.8. The molecule has 1 saturated heterocycles. The zero-order valence-electron chi connectivity index (χ0n) is 10.9. The predicted octanol–water partition coefficient (Wildman–Crippen LogP) is 1.68. The van der Waals surface area contributed by atoms with E-state index in [9.17, 15) is 9.59 Å². The maximum atomic E-state index is 12.2. The molecule has 1 atom stereocenters. The molecule has 1 amide bonds. The van der Waals surface area contributed by atoms with Gasteiger partial charge in [0, 0.05) is 22.2 Å². The first-order valence-corrected chi connectivity index (χ1v) is 7.50. The van der Waals surface area contributed by atoms with Gasteiger partial charge in [0.15, 0.2) is 5.78 Å². The van der Waals surface area contributed by atoms with E-state index in [0.717, 1.165) is 16.5 Å². The molecule has 19 heavy (non-hydrogen) atoms. The second kappa shape index (κ2) is 6.47. The highest BCUT2D eigenvalue weighted by Crippen LogP contribution is 2.12. The number of nitrogens with zero attached hydrogens (tertiary/aromatic N) is 1. The van der Waals surface area contributed by atoms with Crippen LogP contribution < -0.4 is 5.32 Å². The number of benzene rings is 1. The molecule has 1 unspecified atom stereocenters. The van der Waals surface area contributed by atoms with Crippen molar-refractivity contribution in [2.45, 2.75) is 19.4 Å². The molecule has 1 fully saturated rings. The average molecular weight is 372 g/mol. The molecule has 0 radical (unpaired) electrons. The highest BCUT2D eigenvalue weighted by molar-refractivity contribution is 14.1. The van der Waals surface area contributed by atoms with Crippen LogP contribution >= 0.6 is 22.6 Å². The molecule has 102 valence electrons. The van der Waals surface area contributed by atoms with Crippen LogP contribution in [0.5, 0.6) is 0 Å². The van der Waals surface area contributed by atoms with Crippen LogP contribution in [0.15, 0.2) is 24.3 Å². The van der Waals surface area contributed by atoms with Gasteiger partial charge < -0.3 is 5.32 Å². The number of carbonyl (C=O) groups is 2. The molecule has 4 nitrogen and oxygen atoms in total. The van der Waals surface area contributed by atoms with E-state index in [0.29, 0.717) is 18.7 Å². The fourth-order valence-electron chi connectivity index (χ4n) is 2.31. The van der Waals surface area contributed by atoms with Crippen LogP contribution in [0.3, 0.4) is 0 Å². The summed E-state index contributed by atoms with van der Waals surface area (Å²) in [7, 11) is 0. The number of rotatable bonds is 4. The average Bonchev–Trinajstić information content (AvgIpc) is 2.39. The van der Waals surface area contributed by atoms with E-state index < -0.39 is 0 Å². The molecule has 1 aliphatic heterocycles. The molecular formula is C14H17IN2O2. The Labute approximate surface area is 126 Å². The van der Waals surface area contributed by atoms with Crippen molar-refractivity contribution in [1.29, 1.82) is 0 Å². The number of ketones is 1. The number of Topliss-reactive ketones (excluding diaryl/α,β-unsaturated/α-hetero) is 1. The van der Waals surface area contributed by atoms with E-state index >= 15 is 0 Å². The van der Waals surface area contributed by atoms with Crippen LogP contribution in [-0.4, -0.2) is 42.3 Å². The summed E-state index contributed by atoms with van der Waals surface area (Å²) in [4.78, 5) is 25.9. The largest absolute Gasteiger partial charge is 0.353 e. The Hall–Kier alpha value is -0.950. The number of piperazine rings is 1. The van der Waals surface area contributed by atoms with E-state index in [1.165, 1.54) is 0 Å². The highest BCUT2D eigenvalue weighted by Gasteiger charge is 2.29. The van der Waals surface area contributed by atoms with Gasteiger partial charge in [0.1, 0.15) is 0 Å². The molecule has 2 rings (SSSR count). The normalized spacial score (nSPS) is 20.1. The lowest BCUT2D eigenvalue weighted by Gasteiger charge is -2.33. The fourth-order valence-corrected chi connectivity index (χ4v) is 2.67. The molecule has 1 aliphatic rings. The molecule has 1 aromatic carbocycles. The zero-order valence-corrected chi connectivity index (χ0v) is 13.0. The summed E-state index contributed by atoms with van der Waals surface area (Å²) in [6.07, 6.45) is 0.728. The van der Waals surface area contributed by atoms with Gasteiger partial charge >= 0.3 is 0 Å². The van der Waals surface area contributed by atoms with Crippen molar-refractivity contribution in [2.75, 3.05) is 19.6 Å². The lowest BCUT2D eigenvalue weighted by Crippen LogP contribution is -2.56. The monoisotopic (exact) mass is 372 g/mol. The third kappa shape index (κ3) is 3.54. The fraction of sp³-hybridized carbons (Fsp3) is 0.429. The van der Waals surface area contributed by atoms with Gasteiger partial charge in [-0.05, 0) is 41.1 Å². The number of nitrogens with one attached hydrogen (secondary N) is 1. The summed E-state index contributed by atoms with van der Waals surface area (Å²) in [5.41, 5.74) is 0.709. The van der Waals surface area contributed by atoms with Crippen molar-refractivity contribution in [2.24, 2.45) is 0 Å². The first-order chi connectivity index (χ1) is 9.11. The number of amides is 1. The van der Waals surface area contributed by atoms with Crippen molar-refractivity contribution in [3.8, 4) is 0 Å². The smallest absolute Gasteiger partial charge is 0.237 e. The van der Waals surface area contributed by atoms with Crippen LogP contribution in [0.1, 0.15) is 23.7 Å². The van der Waals surface area contributed by atoms with Crippen molar-refractivity contribution in [3.63, 3.8) is 0 Å². The number of hydrogen-bond donors (Lipinski definition) is 1. The summed E-state index contributed by atoms with van der Waals surface area (Å²) < 4.78 is 1.11. The number of halogens is 1. The van der Waals surface area contributed by atoms with E-state index in [1.54, 1.807) is 0 Å². The third-order valence-electron chi connectivity index (χ3n) is 3.34. The molecule has 0 spiro atoms. The summed E-state index contributed by atoms with van der Waals surface area (Å²) in [5.74, 6) is 0.105. The van der Waals surface area contributed by atoms with Gasteiger partial charge in [-0.15, -0.1) is 0 Å². The van der Waals surface area contributed by atoms with Gasteiger partial charge in [-0.2, -0.15) is 0 Å². The molecule has 0 aromatic heterocycles. The quantitative estimate of drug-likeness (QED) is 0.647. The Morgan fingerprint density at radius 3 is 2.74 bits per heavy atom. The number of carbonyl (C=O) groups excluding carboxylic acids is 2. The Morgan fingerprint density at radius 1 is 1.42 bits per heavy atom. The van der Waals surface area contributed by atoms with E-state index in [4.69, 9.17) is 0 Å².